The molecule has 0 atom stereocenters. The lowest BCUT2D eigenvalue weighted by Crippen LogP contribution is -2.49. The number of rotatable bonds is 3. The second-order valence-corrected chi connectivity index (χ2v) is 5.92. The molecule has 1 aliphatic rings. The van der Waals surface area contributed by atoms with Crippen molar-refractivity contribution in [3.8, 4) is 0 Å². The number of hydrogen-bond acceptors (Lipinski definition) is 4. The van der Waals surface area contributed by atoms with E-state index in [1.54, 1.807) is 4.90 Å². The van der Waals surface area contributed by atoms with Crippen LogP contribution in [0.25, 0.3) is 0 Å². The minimum Gasteiger partial charge on any atom is -0.478 e. The number of benzene rings is 1. The maximum absolute atomic E-state index is 12.6. The fourth-order valence-corrected chi connectivity index (χ4v) is 2.95. The summed E-state index contributed by atoms with van der Waals surface area (Å²) in [5.74, 6) is -1.43. The highest BCUT2D eigenvalue weighted by Gasteiger charge is 2.25. The monoisotopic (exact) mass is 345 g/mol. The van der Waals surface area contributed by atoms with E-state index in [1.807, 2.05) is 24.3 Å². The van der Waals surface area contributed by atoms with Gasteiger partial charge in [-0.3, -0.25) is 9.78 Å². The van der Waals surface area contributed by atoms with Gasteiger partial charge < -0.3 is 14.9 Å². The molecule has 1 N–H and O–H groups in total. The zero-order chi connectivity index (χ0) is 17.1. The minimum atomic E-state index is -1.15. The van der Waals surface area contributed by atoms with Crippen LogP contribution in [0.1, 0.15) is 20.7 Å². The molecule has 0 aliphatic carbocycles. The van der Waals surface area contributed by atoms with Crippen molar-refractivity contribution >= 4 is 29.2 Å². The van der Waals surface area contributed by atoms with Crippen LogP contribution in [0.15, 0.2) is 42.7 Å². The zero-order valence-electron chi connectivity index (χ0n) is 12.9. The van der Waals surface area contributed by atoms with E-state index < -0.39 is 5.97 Å². The van der Waals surface area contributed by atoms with Crippen LogP contribution in [0, 0.1) is 0 Å². The Morgan fingerprint density at radius 3 is 2.50 bits per heavy atom. The van der Waals surface area contributed by atoms with Gasteiger partial charge in [-0.2, -0.15) is 0 Å². The van der Waals surface area contributed by atoms with Gasteiger partial charge in [-0.15, -0.1) is 0 Å². The van der Waals surface area contributed by atoms with E-state index in [-0.39, 0.29) is 17.0 Å². The Bertz CT molecular complexity index is 773. The lowest BCUT2D eigenvalue weighted by atomic mass is 10.1. The maximum atomic E-state index is 12.6. The first kappa shape index (κ1) is 16.3. The predicted octanol–water partition coefficient (Wildman–Crippen LogP) is 2.40. The molecule has 2 heterocycles. The average molecular weight is 346 g/mol. The Morgan fingerprint density at radius 1 is 1.08 bits per heavy atom. The zero-order valence-corrected chi connectivity index (χ0v) is 13.6. The number of aromatic carboxylic acids is 1. The highest BCUT2D eigenvalue weighted by molar-refractivity contribution is 6.30. The molecular formula is C17H16ClN3O3. The number of hydrogen-bond donors (Lipinski definition) is 1. The summed E-state index contributed by atoms with van der Waals surface area (Å²) in [6.45, 7) is 2.37. The van der Waals surface area contributed by atoms with Gasteiger partial charge in [0.25, 0.3) is 5.91 Å². The van der Waals surface area contributed by atoms with E-state index in [4.69, 9.17) is 11.6 Å². The molecule has 0 radical (unpaired) electrons. The summed E-state index contributed by atoms with van der Waals surface area (Å²) < 4.78 is 0. The maximum Gasteiger partial charge on any atom is 0.338 e. The van der Waals surface area contributed by atoms with Crippen LogP contribution >= 0.6 is 11.6 Å². The van der Waals surface area contributed by atoms with Crippen LogP contribution < -0.4 is 4.90 Å². The molecule has 24 heavy (non-hydrogen) atoms. The molecule has 0 saturated carbocycles. The van der Waals surface area contributed by atoms with Crippen molar-refractivity contribution in [1.82, 2.24) is 9.88 Å². The van der Waals surface area contributed by atoms with Gasteiger partial charge in [-0.1, -0.05) is 17.7 Å². The standard InChI is InChI=1S/C17H16ClN3O3/c18-12-2-1-3-13(10-12)20-6-8-21(9-7-20)16(22)14-4-5-19-11-15(14)17(23)24/h1-5,10-11H,6-9H2,(H,23,24). The largest absolute Gasteiger partial charge is 0.478 e. The Hall–Kier alpha value is -2.60. The third kappa shape index (κ3) is 3.33. The molecule has 0 bridgehead atoms. The number of anilines is 1. The Balaban J connectivity index is 1.71. The van der Waals surface area contributed by atoms with Crippen molar-refractivity contribution in [2.75, 3.05) is 31.1 Å². The van der Waals surface area contributed by atoms with Crippen LogP contribution in [-0.2, 0) is 0 Å². The first-order valence-corrected chi connectivity index (χ1v) is 7.91. The van der Waals surface area contributed by atoms with E-state index in [0.717, 1.165) is 5.69 Å². The van der Waals surface area contributed by atoms with Crippen molar-refractivity contribution in [1.29, 1.82) is 0 Å². The van der Waals surface area contributed by atoms with Gasteiger partial charge in [0.2, 0.25) is 0 Å². The Morgan fingerprint density at radius 2 is 1.83 bits per heavy atom. The van der Waals surface area contributed by atoms with Gasteiger partial charge in [0, 0.05) is 49.3 Å². The van der Waals surface area contributed by atoms with Crippen molar-refractivity contribution in [3.63, 3.8) is 0 Å². The molecule has 6 nitrogen and oxygen atoms in total. The molecule has 1 aromatic heterocycles. The smallest absolute Gasteiger partial charge is 0.338 e. The first-order valence-electron chi connectivity index (χ1n) is 7.53. The number of carbonyl (C=O) groups is 2. The van der Waals surface area contributed by atoms with Gasteiger partial charge in [0.1, 0.15) is 0 Å². The average Bonchev–Trinajstić information content (AvgIpc) is 2.61. The number of amides is 1. The van der Waals surface area contributed by atoms with Crippen LogP contribution in [0.2, 0.25) is 5.02 Å². The number of aromatic nitrogens is 1. The van der Waals surface area contributed by atoms with E-state index in [0.29, 0.717) is 31.2 Å². The van der Waals surface area contributed by atoms with Crippen LogP contribution in [0.3, 0.4) is 0 Å². The van der Waals surface area contributed by atoms with Crippen LogP contribution in [0.5, 0.6) is 0 Å². The molecule has 1 aliphatic heterocycles. The van der Waals surface area contributed by atoms with E-state index in [9.17, 15) is 14.7 Å². The lowest BCUT2D eigenvalue weighted by molar-refractivity contribution is 0.0672. The third-order valence-electron chi connectivity index (χ3n) is 4.02. The Labute approximate surface area is 144 Å². The van der Waals surface area contributed by atoms with Crippen LogP contribution in [0.4, 0.5) is 5.69 Å². The van der Waals surface area contributed by atoms with Gasteiger partial charge >= 0.3 is 5.97 Å². The van der Waals surface area contributed by atoms with E-state index in [1.165, 1.54) is 18.5 Å². The molecule has 7 heteroatoms. The number of nitrogens with zero attached hydrogens (tertiary/aromatic N) is 3. The number of halogens is 1. The summed E-state index contributed by atoms with van der Waals surface area (Å²) >= 11 is 6.02. The van der Waals surface area contributed by atoms with Gasteiger partial charge in [0.05, 0.1) is 11.1 Å². The molecule has 124 valence electrons. The second kappa shape index (κ2) is 6.88. The SMILES string of the molecule is O=C(O)c1cnccc1C(=O)N1CCN(c2cccc(Cl)c2)CC1. The second-order valence-electron chi connectivity index (χ2n) is 5.49. The number of carbonyl (C=O) groups excluding carboxylic acids is 1. The molecule has 0 unspecified atom stereocenters. The van der Waals surface area contributed by atoms with Crippen molar-refractivity contribution in [2.24, 2.45) is 0 Å². The summed E-state index contributed by atoms with van der Waals surface area (Å²) in [7, 11) is 0. The number of pyridine rings is 1. The molecule has 3 rings (SSSR count). The molecular weight excluding hydrogens is 330 g/mol. The molecule has 2 aromatic rings. The Kier molecular flexibility index (Phi) is 4.66. The van der Waals surface area contributed by atoms with Gasteiger partial charge in [-0.25, -0.2) is 4.79 Å². The molecule has 1 saturated heterocycles. The van der Waals surface area contributed by atoms with Crippen molar-refractivity contribution in [3.05, 3.63) is 58.9 Å². The quantitative estimate of drug-likeness (QED) is 0.924. The number of piperazine rings is 1. The number of carboxylic acid groups (broad SMARTS) is 1. The minimum absolute atomic E-state index is 0.0697. The van der Waals surface area contributed by atoms with Gasteiger partial charge in [-0.05, 0) is 24.3 Å². The van der Waals surface area contributed by atoms with Crippen molar-refractivity contribution in [2.45, 2.75) is 0 Å². The van der Waals surface area contributed by atoms with E-state index >= 15 is 0 Å². The fraction of sp³-hybridized carbons (Fsp3) is 0.235. The summed E-state index contributed by atoms with van der Waals surface area (Å²) in [6.07, 6.45) is 2.64. The summed E-state index contributed by atoms with van der Waals surface area (Å²) in [5, 5.41) is 9.87. The van der Waals surface area contributed by atoms with E-state index in [2.05, 4.69) is 9.88 Å². The topological polar surface area (TPSA) is 73.7 Å². The van der Waals surface area contributed by atoms with Crippen molar-refractivity contribution < 1.29 is 14.7 Å². The highest BCUT2D eigenvalue weighted by Crippen LogP contribution is 2.21. The lowest BCUT2D eigenvalue weighted by Gasteiger charge is -2.36. The van der Waals surface area contributed by atoms with Gasteiger partial charge in [0.15, 0.2) is 0 Å². The van der Waals surface area contributed by atoms with Crippen LogP contribution in [-0.4, -0.2) is 53.0 Å². The summed E-state index contributed by atoms with van der Waals surface area (Å²) in [4.78, 5) is 31.5. The third-order valence-corrected chi connectivity index (χ3v) is 4.26. The molecule has 1 amide bonds. The first-order chi connectivity index (χ1) is 11.6. The highest BCUT2D eigenvalue weighted by atomic mass is 35.5. The fourth-order valence-electron chi connectivity index (χ4n) is 2.76. The summed E-state index contributed by atoms with van der Waals surface area (Å²) in [5.41, 5.74) is 1.12. The normalized spacial score (nSPS) is 14.5. The molecule has 0 spiro atoms. The molecule has 1 aromatic carbocycles. The molecule has 1 fully saturated rings. The predicted molar refractivity (Wildman–Crippen MR) is 90.8 cm³/mol. The summed E-state index contributed by atoms with van der Waals surface area (Å²) in [6, 6.07) is 9.04. The number of carboxylic acids is 1.